The second kappa shape index (κ2) is 6.69. The van der Waals surface area contributed by atoms with E-state index >= 15 is 0 Å². The van der Waals surface area contributed by atoms with Gasteiger partial charge in [0.05, 0.1) is 11.7 Å². The molecule has 0 heterocycles. The van der Waals surface area contributed by atoms with Gasteiger partial charge >= 0.3 is 0 Å². The van der Waals surface area contributed by atoms with Gasteiger partial charge in [-0.2, -0.15) is 8.42 Å². The topological polar surface area (TPSA) is 101 Å². The molecule has 1 aromatic carbocycles. The third-order valence-electron chi connectivity index (χ3n) is 1.65. The van der Waals surface area contributed by atoms with Crippen molar-refractivity contribution in [1.82, 2.24) is 0 Å². The minimum Gasteiger partial charge on any atom is -0.284 e. The molecule has 2 N–H and O–H groups in total. The zero-order chi connectivity index (χ0) is 13.1. The Kier molecular flexibility index (Phi) is 6.55. The summed E-state index contributed by atoms with van der Waals surface area (Å²) in [6, 6.07) is 5.97. The van der Waals surface area contributed by atoms with Crippen LogP contribution >= 0.6 is 0 Å². The molecule has 1 aromatic rings. The summed E-state index contributed by atoms with van der Waals surface area (Å²) in [5, 5.41) is 0.645. The number of nitrogens with one attached hydrogen (secondary N) is 1. The first kappa shape index (κ1) is 17.6. The largest absolute Gasteiger partial charge is 0.287 e. The molecule has 0 aliphatic heterocycles. The summed E-state index contributed by atoms with van der Waals surface area (Å²) >= 11 is 0. The van der Waals surface area contributed by atoms with Crippen molar-refractivity contribution in [3.8, 4) is 0 Å². The molecule has 0 aliphatic rings. The van der Waals surface area contributed by atoms with Crippen LogP contribution < -0.4 is 4.72 Å². The van der Waals surface area contributed by atoms with E-state index in [0.717, 1.165) is 6.26 Å². The standard InChI is InChI=1S/C9H11NO5S2.Na/c1-16(11,12)10-9-4-2-8(3-5-9)6-7-17(13,14)15;/h2-7,10H,1H3,(H,13,14,15);. The van der Waals surface area contributed by atoms with Gasteiger partial charge in [-0.05, 0) is 23.8 Å². The minimum absolute atomic E-state index is 0. The van der Waals surface area contributed by atoms with Crippen LogP contribution in [0.1, 0.15) is 5.56 Å². The van der Waals surface area contributed by atoms with E-state index in [1.54, 1.807) is 0 Å². The van der Waals surface area contributed by atoms with Crippen LogP contribution in [0.2, 0.25) is 0 Å². The van der Waals surface area contributed by atoms with Crippen LogP contribution in [-0.2, 0) is 20.1 Å². The Morgan fingerprint density at radius 2 is 1.61 bits per heavy atom. The summed E-state index contributed by atoms with van der Waals surface area (Å²) in [5.74, 6) is 0. The summed E-state index contributed by atoms with van der Waals surface area (Å²) < 4.78 is 53.4. The van der Waals surface area contributed by atoms with E-state index in [1.807, 2.05) is 0 Å². The van der Waals surface area contributed by atoms with Gasteiger partial charge in [0.15, 0.2) is 0 Å². The summed E-state index contributed by atoms with van der Waals surface area (Å²) in [6.45, 7) is 0. The van der Waals surface area contributed by atoms with Crippen molar-refractivity contribution in [1.29, 1.82) is 0 Å². The third kappa shape index (κ3) is 7.85. The number of rotatable bonds is 4. The van der Waals surface area contributed by atoms with Crippen molar-refractivity contribution in [3.05, 3.63) is 35.2 Å². The molecule has 0 aromatic heterocycles. The fourth-order valence-electron chi connectivity index (χ4n) is 1.04. The maximum absolute atomic E-state index is 10.9. The Labute approximate surface area is 128 Å². The summed E-state index contributed by atoms with van der Waals surface area (Å²) in [6.07, 6.45) is 2.22. The maximum atomic E-state index is 10.9. The molecule has 6 nitrogen and oxygen atoms in total. The van der Waals surface area contributed by atoms with Gasteiger partial charge < -0.3 is 0 Å². The monoisotopic (exact) mass is 300 g/mol. The van der Waals surface area contributed by atoms with E-state index < -0.39 is 20.1 Å². The molecule has 0 aliphatic carbocycles. The second-order valence-corrected chi connectivity index (χ2v) is 6.36. The summed E-state index contributed by atoms with van der Waals surface area (Å²) in [5.41, 5.74) is 0.887. The number of anilines is 1. The van der Waals surface area contributed by atoms with E-state index in [0.29, 0.717) is 16.7 Å². The van der Waals surface area contributed by atoms with Gasteiger partial charge in [0, 0.05) is 35.2 Å². The van der Waals surface area contributed by atoms with Gasteiger partial charge in [-0.25, -0.2) is 8.42 Å². The molecule has 0 atom stereocenters. The van der Waals surface area contributed by atoms with Gasteiger partial charge in [0.1, 0.15) is 0 Å². The zero-order valence-electron chi connectivity index (χ0n) is 9.86. The molecule has 95 valence electrons. The number of hydrogen-bond donors (Lipinski definition) is 2. The van der Waals surface area contributed by atoms with Crippen molar-refractivity contribution in [2.24, 2.45) is 0 Å². The molecule has 0 unspecified atom stereocenters. The molecule has 0 fully saturated rings. The molecular formula is C9H11NNaO5S2. The van der Waals surface area contributed by atoms with E-state index in [1.165, 1.54) is 30.3 Å². The van der Waals surface area contributed by atoms with Crippen LogP contribution in [0.4, 0.5) is 5.69 Å². The smallest absolute Gasteiger partial charge is 0.284 e. The first-order valence-electron chi connectivity index (χ1n) is 4.39. The molecule has 18 heavy (non-hydrogen) atoms. The fraction of sp³-hybridized carbons (Fsp3) is 0.111. The van der Waals surface area contributed by atoms with Crippen molar-refractivity contribution in [2.75, 3.05) is 11.0 Å². The molecular weight excluding hydrogens is 289 g/mol. The quantitative estimate of drug-likeness (QED) is 0.624. The molecule has 0 amide bonds. The van der Waals surface area contributed by atoms with Crippen LogP contribution in [0.3, 0.4) is 0 Å². The molecule has 0 spiro atoms. The third-order valence-corrected chi connectivity index (χ3v) is 2.73. The molecule has 9 heteroatoms. The second-order valence-electron chi connectivity index (χ2n) is 3.31. The van der Waals surface area contributed by atoms with E-state index in [4.69, 9.17) is 4.55 Å². The van der Waals surface area contributed by atoms with Crippen LogP contribution in [0, 0.1) is 0 Å². The Bertz CT molecular complexity index is 619. The maximum Gasteiger partial charge on any atom is 0.287 e. The Morgan fingerprint density at radius 1 is 1.11 bits per heavy atom. The van der Waals surface area contributed by atoms with Gasteiger partial charge in [-0.15, -0.1) is 0 Å². The van der Waals surface area contributed by atoms with Crippen LogP contribution in [-0.4, -0.2) is 57.2 Å². The summed E-state index contributed by atoms with van der Waals surface area (Å²) in [4.78, 5) is 0. The molecule has 0 saturated heterocycles. The molecule has 0 saturated carbocycles. The van der Waals surface area contributed by atoms with Crippen molar-refractivity contribution in [3.63, 3.8) is 0 Å². The number of benzene rings is 1. The minimum atomic E-state index is -4.15. The summed E-state index contributed by atoms with van der Waals surface area (Å²) in [7, 11) is -7.48. The van der Waals surface area contributed by atoms with Gasteiger partial charge in [-0.3, -0.25) is 9.27 Å². The predicted molar refractivity (Wildman–Crippen MR) is 71.2 cm³/mol. The Morgan fingerprint density at radius 3 is 2.00 bits per heavy atom. The normalized spacial score (nSPS) is 12.1. The van der Waals surface area contributed by atoms with Crippen molar-refractivity contribution in [2.45, 2.75) is 0 Å². The van der Waals surface area contributed by atoms with Gasteiger partial charge in [0.2, 0.25) is 10.0 Å². The molecule has 0 bridgehead atoms. The number of hydrogen-bond acceptors (Lipinski definition) is 4. The van der Waals surface area contributed by atoms with Gasteiger partial charge in [0.25, 0.3) is 10.1 Å². The van der Waals surface area contributed by atoms with Crippen molar-refractivity contribution >= 4 is 61.5 Å². The zero-order valence-corrected chi connectivity index (χ0v) is 13.5. The van der Waals surface area contributed by atoms with Gasteiger partial charge in [-0.1, -0.05) is 12.1 Å². The van der Waals surface area contributed by atoms with Crippen LogP contribution in [0.25, 0.3) is 6.08 Å². The average molecular weight is 300 g/mol. The Balaban J connectivity index is 0.00000289. The molecule has 1 radical (unpaired) electrons. The fourth-order valence-corrected chi connectivity index (χ4v) is 1.93. The number of sulfonamides is 1. The Hall–Kier alpha value is -0.380. The average Bonchev–Trinajstić information content (AvgIpc) is 2.13. The van der Waals surface area contributed by atoms with E-state index in [9.17, 15) is 16.8 Å². The van der Waals surface area contributed by atoms with Crippen LogP contribution in [0.15, 0.2) is 29.7 Å². The SMILES string of the molecule is CS(=O)(=O)Nc1ccc(C=CS(=O)(=O)O)cc1.[Na]. The first-order chi connectivity index (χ1) is 7.66. The molecule has 1 rings (SSSR count). The van der Waals surface area contributed by atoms with Crippen LogP contribution in [0.5, 0.6) is 0 Å². The van der Waals surface area contributed by atoms with E-state index in [2.05, 4.69) is 4.72 Å². The van der Waals surface area contributed by atoms with Crippen molar-refractivity contribution < 1.29 is 21.4 Å². The van der Waals surface area contributed by atoms with E-state index in [-0.39, 0.29) is 29.6 Å². The first-order valence-corrected chi connectivity index (χ1v) is 7.79. The predicted octanol–water partition coefficient (Wildman–Crippen LogP) is 0.536.